The molecule has 22 heavy (non-hydrogen) atoms. The van der Waals surface area contributed by atoms with Crippen LogP contribution in [0.15, 0.2) is 59.2 Å². The third-order valence-electron chi connectivity index (χ3n) is 4.62. The van der Waals surface area contributed by atoms with Crippen molar-refractivity contribution in [2.75, 3.05) is 20.8 Å². The van der Waals surface area contributed by atoms with Crippen molar-refractivity contribution in [3.8, 4) is 5.75 Å². The second-order valence-electron chi connectivity index (χ2n) is 5.86. The standard InChI is InChI=1S/C18H19NO3/c1-20-16-7-13-10-19-11-18(14(13)8-17(16)21-2)9-12-5-3-4-6-15(12)22-18/h3-6,8,10,19H,7,9,11H2,1-2H3. The molecule has 0 aromatic heterocycles. The zero-order valence-corrected chi connectivity index (χ0v) is 12.8. The highest BCUT2D eigenvalue weighted by atomic mass is 16.5. The Balaban J connectivity index is 1.79. The minimum Gasteiger partial charge on any atom is -0.497 e. The number of fused-ring (bicyclic) bond motifs is 3. The Morgan fingerprint density at radius 3 is 2.82 bits per heavy atom. The molecule has 1 N–H and O–H groups in total. The van der Waals surface area contributed by atoms with Crippen LogP contribution in [0, 0.1) is 0 Å². The van der Waals surface area contributed by atoms with Crippen molar-refractivity contribution in [1.29, 1.82) is 0 Å². The van der Waals surface area contributed by atoms with Gasteiger partial charge >= 0.3 is 0 Å². The molecular weight excluding hydrogens is 278 g/mol. The first-order chi connectivity index (χ1) is 10.8. The zero-order valence-electron chi connectivity index (χ0n) is 12.8. The van der Waals surface area contributed by atoms with E-state index in [0.29, 0.717) is 0 Å². The Morgan fingerprint density at radius 2 is 2.05 bits per heavy atom. The molecule has 4 rings (SSSR count). The van der Waals surface area contributed by atoms with Gasteiger partial charge in [-0.3, -0.25) is 0 Å². The molecule has 3 aliphatic rings. The van der Waals surface area contributed by atoms with E-state index < -0.39 is 0 Å². The summed E-state index contributed by atoms with van der Waals surface area (Å²) in [7, 11) is 3.36. The summed E-state index contributed by atoms with van der Waals surface area (Å²) in [6.45, 7) is 0.760. The van der Waals surface area contributed by atoms with Gasteiger partial charge in [-0.2, -0.15) is 0 Å². The van der Waals surface area contributed by atoms with Gasteiger partial charge in [0.1, 0.15) is 11.5 Å². The van der Waals surface area contributed by atoms with Crippen molar-refractivity contribution >= 4 is 0 Å². The topological polar surface area (TPSA) is 39.7 Å². The van der Waals surface area contributed by atoms with E-state index in [1.807, 2.05) is 12.1 Å². The Hall–Kier alpha value is -2.36. The minimum absolute atomic E-state index is 0.350. The van der Waals surface area contributed by atoms with Crippen molar-refractivity contribution in [2.24, 2.45) is 0 Å². The lowest BCUT2D eigenvalue weighted by atomic mass is 9.79. The van der Waals surface area contributed by atoms with Gasteiger partial charge in [-0.1, -0.05) is 18.2 Å². The molecule has 1 aromatic rings. The van der Waals surface area contributed by atoms with Gasteiger partial charge in [0.15, 0.2) is 11.4 Å². The average molecular weight is 297 g/mol. The fourth-order valence-electron chi connectivity index (χ4n) is 3.54. The quantitative estimate of drug-likeness (QED) is 0.911. The summed E-state index contributed by atoms with van der Waals surface area (Å²) < 4.78 is 17.3. The highest BCUT2D eigenvalue weighted by Crippen LogP contribution is 2.45. The summed E-state index contributed by atoms with van der Waals surface area (Å²) in [6, 6.07) is 8.26. The van der Waals surface area contributed by atoms with E-state index in [4.69, 9.17) is 14.2 Å². The highest BCUT2D eigenvalue weighted by Gasteiger charge is 2.46. The number of methoxy groups -OCH3 is 2. The number of hydrogen-bond donors (Lipinski definition) is 1. The Morgan fingerprint density at radius 1 is 1.18 bits per heavy atom. The van der Waals surface area contributed by atoms with Gasteiger partial charge in [0.25, 0.3) is 0 Å². The molecule has 0 saturated carbocycles. The zero-order chi connectivity index (χ0) is 15.2. The van der Waals surface area contributed by atoms with Crippen molar-refractivity contribution in [3.63, 3.8) is 0 Å². The summed E-state index contributed by atoms with van der Waals surface area (Å²) in [5, 5.41) is 3.38. The van der Waals surface area contributed by atoms with Gasteiger partial charge < -0.3 is 19.5 Å². The van der Waals surface area contributed by atoms with Crippen LogP contribution in [0.5, 0.6) is 5.75 Å². The Bertz CT molecular complexity index is 690. The predicted octanol–water partition coefficient (Wildman–Crippen LogP) is 2.68. The maximum absolute atomic E-state index is 6.38. The molecule has 1 aromatic carbocycles. The summed E-state index contributed by atoms with van der Waals surface area (Å²) in [4.78, 5) is 0. The maximum Gasteiger partial charge on any atom is 0.157 e. The summed E-state index contributed by atoms with van der Waals surface area (Å²) in [6.07, 6.45) is 5.73. The molecule has 4 nitrogen and oxygen atoms in total. The molecule has 1 spiro atoms. The third-order valence-corrected chi connectivity index (χ3v) is 4.62. The largest absolute Gasteiger partial charge is 0.497 e. The van der Waals surface area contributed by atoms with E-state index in [1.54, 1.807) is 14.2 Å². The number of allylic oxidation sites excluding steroid dienone is 2. The first-order valence-electron chi connectivity index (χ1n) is 7.49. The summed E-state index contributed by atoms with van der Waals surface area (Å²) >= 11 is 0. The monoisotopic (exact) mass is 297 g/mol. The molecule has 1 atom stereocenters. The van der Waals surface area contributed by atoms with E-state index in [-0.39, 0.29) is 5.60 Å². The molecule has 2 heterocycles. The maximum atomic E-state index is 6.38. The summed E-state index contributed by atoms with van der Waals surface area (Å²) in [5.41, 5.74) is 3.31. The molecule has 0 fully saturated rings. The average Bonchev–Trinajstić information content (AvgIpc) is 2.92. The minimum atomic E-state index is -0.350. The molecule has 0 radical (unpaired) electrons. The smallest absolute Gasteiger partial charge is 0.157 e. The Kier molecular flexibility index (Phi) is 2.93. The first kappa shape index (κ1) is 13.3. The van der Waals surface area contributed by atoms with Gasteiger partial charge in [0.2, 0.25) is 0 Å². The fraction of sp³-hybridized carbons (Fsp3) is 0.333. The van der Waals surface area contributed by atoms with Crippen LogP contribution >= 0.6 is 0 Å². The number of para-hydroxylation sites is 1. The normalized spacial score (nSPS) is 25.5. The van der Waals surface area contributed by atoms with Crippen molar-refractivity contribution in [3.05, 3.63) is 64.8 Å². The number of rotatable bonds is 2. The molecule has 1 unspecified atom stereocenters. The van der Waals surface area contributed by atoms with E-state index in [2.05, 4.69) is 29.7 Å². The van der Waals surface area contributed by atoms with Crippen molar-refractivity contribution < 1.29 is 14.2 Å². The van der Waals surface area contributed by atoms with E-state index in [1.165, 1.54) is 16.7 Å². The van der Waals surface area contributed by atoms with Gasteiger partial charge in [-0.15, -0.1) is 0 Å². The van der Waals surface area contributed by atoms with Gasteiger partial charge in [0, 0.05) is 24.6 Å². The van der Waals surface area contributed by atoms with Crippen LogP contribution in [-0.2, 0) is 15.9 Å². The second kappa shape index (κ2) is 4.83. The molecule has 0 amide bonds. The lowest BCUT2D eigenvalue weighted by molar-refractivity contribution is 0.130. The second-order valence-corrected chi connectivity index (χ2v) is 5.86. The fourth-order valence-corrected chi connectivity index (χ4v) is 3.54. The summed E-state index contributed by atoms with van der Waals surface area (Å²) in [5.74, 6) is 2.62. The molecule has 0 saturated heterocycles. The molecule has 4 heteroatoms. The molecule has 1 aliphatic carbocycles. The van der Waals surface area contributed by atoms with Crippen LogP contribution < -0.4 is 10.1 Å². The lowest BCUT2D eigenvalue weighted by Crippen LogP contribution is -2.49. The van der Waals surface area contributed by atoms with Crippen LogP contribution in [0.3, 0.4) is 0 Å². The SMILES string of the molecule is COC1=C(OC)CC2=CNCC3(Cc4ccccc4O3)C2=C1. The number of hydrogen-bond acceptors (Lipinski definition) is 4. The first-order valence-corrected chi connectivity index (χ1v) is 7.49. The molecule has 2 aliphatic heterocycles. The van der Waals surface area contributed by atoms with Crippen LogP contribution in [0.4, 0.5) is 0 Å². The van der Waals surface area contributed by atoms with E-state index in [0.717, 1.165) is 36.7 Å². The van der Waals surface area contributed by atoms with Crippen molar-refractivity contribution in [2.45, 2.75) is 18.4 Å². The number of ether oxygens (including phenoxy) is 3. The molecule has 114 valence electrons. The van der Waals surface area contributed by atoms with Crippen molar-refractivity contribution in [1.82, 2.24) is 5.32 Å². The van der Waals surface area contributed by atoms with Gasteiger partial charge in [-0.05, 0) is 23.3 Å². The van der Waals surface area contributed by atoms with Gasteiger partial charge in [-0.25, -0.2) is 0 Å². The predicted molar refractivity (Wildman–Crippen MR) is 83.3 cm³/mol. The van der Waals surface area contributed by atoms with E-state index >= 15 is 0 Å². The molecule has 0 bridgehead atoms. The van der Waals surface area contributed by atoms with E-state index in [9.17, 15) is 0 Å². The van der Waals surface area contributed by atoms with Crippen LogP contribution in [-0.4, -0.2) is 26.4 Å². The third kappa shape index (κ3) is 1.83. The highest BCUT2D eigenvalue weighted by molar-refractivity contribution is 5.55. The number of nitrogens with one attached hydrogen (secondary N) is 1. The molecular formula is C18H19NO3. The lowest BCUT2D eigenvalue weighted by Gasteiger charge is -2.38. The number of benzene rings is 1. The van der Waals surface area contributed by atoms with Crippen LogP contribution in [0.25, 0.3) is 0 Å². The van der Waals surface area contributed by atoms with Crippen LogP contribution in [0.2, 0.25) is 0 Å². The Labute approximate surface area is 130 Å². The van der Waals surface area contributed by atoms with Gasteiger partial charge in [0.05, 0.1) is 20.8 Å². The van der Waals surface area contributed by atoms with Crippen LogP contribution in [0.1, 0.15) is 12.0 Å².